The van der Waals surface area contributed by atoms with Crippen molar-refractivity contribution in [2.45, 2.75) is 104 Å². The first kappa shape index (κ1) is 45.6. The number of benzene rings is 2. The van der Waals surface area contributed by atoms with Crippen molar-refractivity contribution < 1.29 is 42.5 Å². The number of amides is 1. The molecule has 20 heteroatoms. The second-order valence-electron chi connectivity index (χ2n) is 14.9. The number of rotatable bonds is 20. The molecule has 2 aromatic heterocycles. The van der Waals surface area contributed by atoms with E-state index in [2.05, 4.69) is 40.2 Å². The van der Waals surface area contributed by atoms with E-state index in [4.69, 9.17) is 28.0 Å². The highest BCUT2D eigenvalue weighted by Crippen LogP contribution is 2.50. The van der Waals surface area contributed by atoms with Gasteiger partial charge in [-0.2, -0.15) is 10.2 Å². The van der Waals surface area contributed by atoms with Crippen LogP contribution in [0.25, 0.3) is 11.2 Å². The first-order valence-corrected chi connectivity index (χ1v) is 20.7. The van der Waals surface area contributed by atoms with Gasteiger partial charge in [0.2, 0.25) is 5.95 Å². The average Bonchev–Trinajstić information content (AvgIpc) is 3.82. The summed E-state index contributed by atoms with van der Waals surface area (Å²) in [6.07, 6.45) is -1.85. The first-order chi connectivity index (χ1) is 28.7. The SMILES string of the molecule is CC(C)c1ccc(OCC(=O)Nc2nc3c(ncn3[C@H]3C[C@H](OP(OCCC#N)N(C(C)C)C(C)C)[C@@H](COC(=O)OCC(C)c4ccccc4[N+](=O)[O-])O3)c(=O)[nH]2)cc1. The van der Waals surface area contributed by atoms with Gasteiger partial charge in [0, 0.05) is 36.1 Å². The number of nitrogens with zero attached hydrogens (tertiary/aromatic N) is 6. The zero-order valence-corrected chi connectivity index (χ0v) is 35.5. The number of anilines is 1. The van der Waals surface area contributed by atoms with Gasteiger partial charge in [-0.3, -0.25) is 34.6 Å². The van der Waals surface area contributed by atoms with Gasteiger partial charge in [-0.05, 0) is 51.3 Å². The van der Waals surface area contributed by atoms with E-state index in [-0.39, 0.29) is 74.2 Å². The number of aromatic nitrogens is 4. The molecule has 2 unspecified atom stereocenters. The molecular formula is C40H51N8O11P. The van der Waals surface area contributed by atoms with Gasteiger partial charge in [-0.15, -0.1) is 0 Å². The van der Waals surface area contributed by atoms with E-state index in [0.29, 0.717) is 17.2 Å². The van der Waals surface area contributed by atoms with Gasteiger partial charge < -0.3 is 28.0 Å². The van der Waals surface area contributed by atoms with E-state index >= 15 is 0 Å². The van der Waals surface area contributed by atoms with Crippen LogP contribution in [-0.2, 0) is 28.1 Å². The van der Waals surface area contributed by atoms with Crippen LogP contribution >= 0.6 is 8.53 Å². The molecule has 322 valence electrons. The zero-order valence-electron chi connectivity index (χ0n) is 34.6. The molecule has 1 saturated heterocycles. The van der Waals surface area contributed by atoms with Gasteiger partial charge in [0.1, 0.15) is 31.3 Å². The summed E-state index contributed by atoms with van der Waals surface area (Å²) in [5.41, 5.74) is 0.918. The third-order valence-corrected chi connectivity index (χ3v) is 11.6. The Hall–Kier alpha value is -5.51. The zero-order chi connectivity index (χ0) is 43.5. The summed E-state index contributed by atoms with van der Waals surface area (Å²) in [6, 6.07) is 15.7. The van der Waals surface area contributed by atoms with Crippen molar-refractivity contribution in [3.8, 4) is 11.8 Å². The molecule has 0 aliphatic carbocycles. The number of nitro benzene ring substituents is 1. The van der Waals surface area contributed by atoms with Crippen molar-refractivity contribution in [1.29, 1.82) is 5.26 Å². The maximum Gasteiger partial charge on any atom is 0.508 e. The Labute approximate surface area is 348 Å². The van der Waals surface area contributed by atoms with E-state index < -0.39 is 55.4 Å². The Morgan fingerprint density at radius 1 is 1.10 bits per heavy atom. The Balaban J connectivity index is 1.33. The molecule has 0 saturated carbocycles. The highest BCUT2D eigenvalue weighted by atomic mass is 31.2. The predicted molar refractivity (Wildman–Crippen MR) is 220 cm³/mol. The maximum atomic E-state index is 13.1. The third kappa shape index (κ3) is 11.8. The lowest BCUT2D eigenvalue weighted by Crippen LogP contribution is -2.37. The molecule has 2 aromatic carbocycles. The number of fused-ring (bicyclic) bond motifs is 1. The number of para-hydroxylation sites is 1. The van der Waals surface area contributed by atoms with Crippen LogP contribution in [0.15, 0.2) is 59.7 Å². The van der Waals surface area contributed by atoms with E-state index in [1.165, 1.54) is 17.0 Å². The minimum Gasteiger partial charge on any atom is -0.484 e. The minimum atomic E-state index is -1.76. The quantitative estimate of drug-likeness (QED) is 0.0297. The van der Waals surface area contributed by atoms with Gasteiger partial charge in [-0.1, -0.05) is 51.1 Å². The summed E-state index contributed by atoms with van der Waals surface area (Å²) in [6.45, 7) is 13.1. The highest BCUT2D eigenvalue weighted by Gasteiger charge is 2.42. The molecular weight excluding hydrogens is 799 g/mol. The lowest BCUT2D eigenvalue weighted by molar-refractivity contribution is -0.385. The van der Waals surface area contributed by atoms with Crippen LogP contribution < -0.4 is 15.6 Å². The van der Waals surface area contributed by atoms with Gasteiger partial charge in [0.25, 0.3) is 25.7 Å². The molecule has 1 aliphatic rings. The van der Waals surface area contributed by atoms with E-state index in [1.54, 1.807) is 37.3 Å². The molecule has 4 aromatic rings. The van der Waals surface area contributed by atoms with Crippen LogP contribution in [0, 0.1) is 21.4 Å². The minimum absolute atomic E-state index is 0.0126. The van der Waals surface area contributed by atoms with Crippen molar-refractivity contribution >= 4 is 43.4 Å². The monoisotopic (exact) mass is 850 g/mol. The van der Waals surface area contributed by atoms with Crippen LogP contribution in [0.2, 0.25) is 0 Å². The van der Waals surface area contributed by atoms with Crippen LogP contribution in [0.4, 0.5) is 16.4 Å². The van der Waals surface area contributed by atoms with Gasteiger partial charge in [0.15, 0.2) is 17.8 Å². The molecule has 19 nitrogen and oxygen atoms in total. The van der Waals surface area contributed by atoms with Crippen molar-refractivity contribution in [3.05, 3.63) is 86.5 Å². The molecule has 2 N–H and O–H groups in total. The molecule has 0 radical (unpaired) electrons. The Kier molecular flexibility index (Phi) is 16.1. The number of aromatic amines is 1. The second-order valence-corrected chi connectivity index (χ2v) is 16.4. The number of nitrogens with one attached hydrogen (secondary N) is 2. The fraction of sp³-hybridized carbons (Fsp3) is 0.500. The number of H-pyrrole nitrogens is 1. The lowest BCUT2D eigenvalue weighted by atomic mass is 10.0. The van der Waals surface area contributed by atoms with Gasteiger partial charge >= 0.3 is 6.16 Å². The fourth-order valence-electron chi connectivity index (χ4n) is 6.55. The van der Waals surface area contributed by atoms with Crippen LogP contribution in [-0.4, -0.2) is 91.9 Å². The van der Waals surface area contributed by atoms with E-state index in [1.807, 2.05) is 44.5 Å². The molecule has 0 spiro atoms. The van der Waals surface area contributed by atoms with Crippen LogP contribution in [0.1, 0.15) is 90.5 Å². The molecule has 1 fully saturated rings. The van der Waals surface area contributed by atoms with Crippen molar-refractivity contribution in [1.82, 2.24) is 24.2 Å². The van der Waals surface area contributed by atoms with Gasteiger partial charge in [-0.25, -0.2) is 14.4 Å². The van der Waals surface area contributed by atoms with Crippen LogP contribution in [0.3, 0.4) is 0 Å². The number of carbonyl (C=O) groups excluding carboxylic acids is 2. The molecule has 5 rings (SSSR count). The third-order valence-electron chi connectivity index (χ3n) is 9.47. The van der Waals surface area contributed by atoms with Gasteiger partial charge in [0.05, 0.1) is 36.5 Å². The molecule has 1 aliphatic heterocycles. The fourth-order valence-corrected chi connectivity index (χ4v) is 8.31. The summed E-state index contributed by atoms with van der Waals surface area (Å²) in [5, 5.41) is 23.3. The maximum absolute atomic E-state index is 13.1. The van der Waals surface area contributed by atoms with E-state index in [9.17, 15) is 29.8 Å². The molecule has 5 atom stereocenters. The number of ether oxygens (including phenoxy) is 4. The number of nitriles is 1. The van der Waals surface area contributed by atoms with Crippen molar-refractivity contribution in [2.75, 3.05) is 31.7 Å². The summed E-state index contributed by atoms with van der Waals surface area (Å²) >= 11 is 0. The topological polar surface area (TPSA) is 235 Å². The number of hydrogen-bond donors (Lipinski definition) is 2. The smallest absolute Gasteiger partial charge is 0.484 e. The highest BCUT2D eigenvalue weighted by molar-refractivity contribution is 7.44. The standard InChI is InChI=1S/C40H51N8O11P/c1-24(2)28-13-15-29(16-14-28)54-22-34(49)43-39-44-37-36(38(50)45-39)42-23-46(37)35-19-32(59-60(57-18-10-17-41)47(25(3)4)26(5)6)33(58-35)21-56-40(51)55-20-27(7)30-11-8-9-12-31(30)48(52)53/h8-9,11-16,23-27,32-33,35H,10,18-22H2,1-7H3,(H2,43,44,45,49,50)/t27?,32-,33+,35+,60?/m0/s1. The normalized spacial score (nSPS) is 17.5. The number of nitro groups is 1. The first-order valence-electron chi connectivity index (χ1n) is 19.6. The van der Waals surface area contributed by atoms with Crippen molar-refractivity contribution in [2.24, 2.45) is 0 Å². The Morgan fingerprint density at radius 2 is 1.82 bits per heavy atom. The van der Waals surface area contributed by atoms with E-state index in [0.717, 1.165) is 5.56 Å². The molecule has 60 heavy (non-hydrogen) atoms. The number of hydrogen-bond acceptors (Lipinski definition) is 15. The Morgan fingerprint density at radius 3 is 2.48 bits per heavy atom. The molecule has 3 heterocycles. The molecule has 1 amide bonds. The summed E-state index contributed by atoms with van der Waals surface area (Å²) in [4.78, 5) is 61.3. The average molecular weight is 851 g/mol. The summed E-state index contributed by atoms with van der Waals surface area (Å²) in [7, 11) is -1.76. The molecule has 0 bridgehead atoms. The summed E-state index contributed by atoms with van der Waals surface area (Å²) < 4.78 is 39.3. The lowest BCUT2D eigenvalue weighted by Gasteiger charge is -2.37. The van der Waals surface area contributed by atoms with Crippen LogP contribution in [0.5, 0.6) is 5.75 Å². The largest absolute Gasteiger partial charge is 0.508 e. The number of carbonyl (C=O) groups is 2. The Bertz CT molecular complexity index is 2180. The van der Waals surface area contributed by atoms with Crippen molar-refractivity contribution in [3.63, 3.8) is 0 Å². The summed E-state index contributed by atoms with van der Waals surface area (Å²) in [5.74, 6) is -0.368. The predicted octanol–water partition coefficient (Wildman–Crippen LogP) is 7.07. The second kappa shape index (κ2) is 21.1. The number of imidazole rings is 1.